The number of amides is 1. The van der Waals surface area contributed by atoms with Gasteiger partial charge in [0.25, 0.3) is 0 Å². The number of hydrogen-bond donors (Lipinski definition) is 0. The van der Waals surface area contributed by atoms with Gasteiger partial charge in [-0.05, 0) is 49.8 Å². The first-order valence-corrected chi connectivity index (χ1v) is 10.3. The molecule has 2 aliphatic rings. The van der Waals surface area contributed by atoms with E-state index in [0.29, 0.717) is 11.8 Å². The molecule has 0 N–H and O–H groups in total. The Bertz CT molecular complexity index is 799. The minimum absolute atomic E-state index is 0.149. The van der Waals surface area contributed by atoms with Crippen LogP contribution in [0.3, 0.4) is 0 Å². The third-order valence-corrected chi connectivity index (χ3v) is 5.99. The Labute approximate surface area is 161 Å². The second kappa shape index (κ2) is 7.75. The van der Waals surface area contributed by atoms with E-state index >= 15 is 0 Å². The summed E-state index contributed by atoms with van der Waals surface area (Å²) in [4.78, 5) is 28.6. The van der Waals surface area contributed by atoms with Gasteiger partial charge in [-0.2, -0.15) is 0 Å². The molecule has 1 amide bonds. The lowest BCUT2D eigenvalue weighted by Crippen LogP contribution is -2.34. The molecule has 27 heavy (non-hydrogen) atoms. The second-order valence-corrected chi connectivity index (χ2v) is 7.82. The van der Waals surface area contributed by atoms with Gasteiger partial charge in [-0.1, -0.05) is 13.8 Å². The van der Waals surface area contributed by atoms with E-state index in [-0.39, 0.29) is 11.8 Å². The van der Waals surface area contributed by atoms with Crippen molar-refractivity contribution in [2.45, 2.75) is 57.8 Å². The fraction of sp³-hybridized carbons (Fsp3) is 0.545. The molecule has 2 aromatic rings. The minimum atomic E-state index is 0.149. The van der Waals surface area contributed by atoms with Crippen molar-refractivity contribution >= 4 is 5.91 Å². The van der Waals surface area contributed by atoms with E-state index in [0.717, 1.165) is 55.0 Å². The molecule has 3 heterocycles. The van der Waals surface area contributed by atoms with Crippen LogP contribution in [0.4, 0.5) is 0 Å². The SMILES string of the molecule is CCC(CC)C(=O)N1CC[C@@H](c2nc(C3CC3)ncc2-c2ccncc2)C1. The van der Waals surface area contributed by atoms with Crippen molar-refractivity contribution in [3.8, 4) is 11.1 Å². The largest absolute Gasteiger partial charge is 0.342 e. The van der Waals surface area contributed by atoms with Crippen LogP contribution >= 0.6 is 0 Å². The zero-order valence-corrected chi connectivity index (χ0v) is 16.3. The quantitative estimate of drug-likeness (QED) is 0.772. The lowest BCUT2D eigenvalue weighted by atomic mass is 9.96. The normalized spacial score (nSPS) is 19.7. The van der Waals surface area contributed by atoms with E-state index in [1.54, 1.807) is 0 Å². The first kappa shape index (κ1) is 18.1. The number of carbonyl (C=O) groups excluding carboxylic acids is 1. The number of aromatic nitrogens is 3. The summed E-state index contributed by atoms with van der Waals surface area (Å²) in [6.07, 6.45) is 10.8. The van der Waals surface area contributed by atoms with Crippen molar-refractivity contribution in [1.29, 1.82) is 0 Å². The fourth-order valence-electron chi connectivity index (χ4n) is 4.09. The molecule has 0 bridgehead atoms. The summed E-state index contributed by atoms with van der Waals surface area (Å²) >= 11 is 0. The Kier molecular flexibility index (Phi) is 5.19. The first-order valence-electron chi connectivity index (χ1n) is 10.3. The lowest BCUT2D eigenvalue weighted by molar-refractivity contribution is -0.134. The highest BCUT2D eigenvalue weighted by atomic mass is 16.2. The zero-order chi connectivity index (χ0) is 18.8. The third kappa shape index (κ3) is 3.73. The molecule has 0 aromatic carbocycles. The van der Waals surface area contributed by atoms with Gasteiger partial charge < -0.3 is 4.90 Å². The first-order chi connectivity index (χ1) is 13.2. The van der Waals surface area contributed by atoms with E-state index in [1.165, 1.54) is 12.8 Å². The van der Waals surface area contributed by atoms with Crippen LogP contribution in [0, 0.1) is 5.92 Å². The maximum atomic E-state index is 12.8. The summed E-state index contributed by atoms with van der Waals surface area (Å²) in [5, 5.41) is 0. The minimum Gasteiger partial charge on any atom is -0.342 e. The molecule has 142 valence electrons. The molecular weight excluding hydrogens is 336 g/mol. The van der Waals surface area contributed by atoms with Gasteiger partial charge in [-0.15, -0.1) is 0 Å². The van der Waals surface area contributed by atoms with Gasteiger partial charge in [0.15, 0.2) is 0 Å². The highest BCUT2D eigenvalue weighted by Gasteiger charge is 2.34. The summed E-state index contributed by atoms with van der Waals surface area (Å²) < 4.78 is 0. The number of carbonyl (C=O) groups is 1. The molecule has 0 radical (unpaired) electrons. The van der Waals surface area contributed by atoms with Gasteiger partial charge in [0.1, 0.15) is 5.82 Å². The van der Waals surface area contributed by atoms with E-state index in [2.05, 4.69) is 28.7 Å². The molecule has 2 fully saturated rings. The standard InChI is InChI=1S/C22H28N4O/c1-3-15(4-2)22(27)26-12-9-18(14-26)20-19(16-7-10-23-11-8-16)13-24-21(25-20)17-5-6-17/h7-8,10-11,13,15,17-18H,3-6,9,12,14H2,1-2H3/t18-/m1/s1. The van der Waals surface area contributed by atoms with Crippen LogP contribution < -0.4 is 0 Å². The Morgan fingerprint density at radius 2 is 1.89 bits per heavy atom. The summed E-state index contributed by atoms with van der Waals surface area (Å²) in [6.45, 7) is 5.81. The molecule has 1 aliphatic heterocycles. The predicted octanol–water partition coefficient (Wildman–Crippen LogP) is 4.17. The van der Waals surface area contributed by atoms with Crippen molar-refractivity contribution in [2.24, 2.45) is 5.92 Å². The highest BCUT2D eigenvalue weighted by molar-refractivity contribution is 5.79. The number of pyridine rings is 1. The number of nitrogens with zero attached hydrogens (tertiary/aromatic N) is 4. The van der Waals surface area contributed by atoms with Crippen molar-refractivity contribution in [1.82, 2.24) is 19.9 Å². The number of rotatable bonds is 6. The molecule has 5 heteroatoms. The summed E-state index contributed by atoms with van der Waals surface area (Å²) in [5.74, 6) is 2.25. The van der Waals surface area contributed by atoms with E-state index < -0.39 is 0 Å². The van der Waals surface area contributed by atoms with Gasteiger partial charge in [0.2, 0.25) is 5.91 Å². The summed E-state index contributed by atoms with van der Waals surface area (Å²) in [6, 6.07) is 4.03. The van der Waals surface area contributed by atoms with E-state index in [9.17, 15) is 4.79 Å². The second-order valence-electron chi connectivity index (χ2n) is 7.82. The van der Waals surface area contributed by atoms with Gasteiger partial charge in [0.05, 0.1) is 5.69 Å². The highest BCUT2D eigenvalue weighted by Crippen LogP contribution is 2.40. The van der Waals surface area contributed by atoms with Crippen molar-refractivity contribution in [3.05, 3.63) is 42.2 Å². The van der Waals surface area contributed by atoms with E-state index in [4.69, 9.17) is 4.98 Å². The fourth-order valence-corrected chi connectivity index (χ4v) is 4.09. The zero-order valence-electron chi connectivity index (χ0n) is 16.3. The lowest BCUT2D eigenvalue weighted by Gasteiger charge is -2.22. The van der Waals surface area contributed by atoms with Crippen LogP contribution in [0.5, 0.6) is 0 Å². The van der Waals surface area contributed by atoms with Crippen LogP contribution in [0.15, 0.2) is 30.7 Å². The maximum Gasteiger partial charge on any atom is 0.225 e. The van der Waals surface area contributed by atoms with Gasteiger partial charge in [-0.25, -0.2) is 9.97 Å². The molecule has 1 atom stereocenters. The number of likely N-dealkylation sites (tertiary alicyclic amines) is 1. The molecule has 1 saturated heterocycles. The van der Waals surface area contributed by atoms with E-state index in [1.807, 2.05) is 30.7 Å². The Morgan fingerprint density at radius 1 is 1.15 bits per heavy atom. The third-order valence-electron chi connectivity index (χ3n) is 5.99. The smallest absolute Gasteiger partial charge is 0.225 e. The summed E-state index contributed by atoms with van der Waals surface area (Å²) in [7, 11) is 0. The van der Waals surface area contributed by atoms with Crippen LogP contribution in [-0.4, -0.2) is 38.8 Å². The average molecular weight is 364 g/mol. The monoisotopic (exact) mass is 364 g/mol. The number of hydrogen-bond acceptors (Lipinski definition) is 4. The van der Waals surface area contributed by atoms with Crippen LogP contribution in [0.1, 0.15) is 69.3 Å². The average Bonchev–Trinajstić information content (AvgIpc) is 3.45. The Morgan fingerprint density at radius 3 is 2.56 bits per heavy atom. The Hall–Kier alpha value is -2.30. The van der Waals surface area contributed by atoms with Gasteiger partial charge in [-0.3, -0.25) is 9.78 Å². The Balaban J connectivity index is 1.62. The molecular formula is C22H28N4O. The van der Waals surface area contributed by atoms with Crippen molar-refractivity contribution in [3.63, 3.8) is 0 Å². The van der Waals surface area contributed by atoms with Gasteiger partial charge in [0, 0.05) is 55.0 Å². The topological polar surface area (TPSA) is 59.0 Å². The summed E-state index contributed by atoms with van der Waals surface area (Å²) in [5.41, 5.74) is 3.30. The van der Waals surface area contributed by atoms with Crippen LogP contribution in [0.2, 0.25) is 0 Å². The molecule has 1 aliphatic carbocycles. The van der Waals surface area contributed by atoms with Crippen LogP contribution in [0.25, 0.3) is 11.1 Å². The molecule has 2 aromatic heterocycles. The molecule has 0 unspecified atom stereocenters. The molecule has 0 spiro atoms. The predicted molar refractivity (Wildman–Crippen MR) is 105 cm³/mol. The van der Waals surface area contributed by atoms with Crippen LogP contribution in [-0.2, 0) is 4.79 Å². The molecule has 4 rings (SSSR count). The molecule has 5 nitrogen and oxygen atoms in total. The van der Waals surface area contributed by atoms with Crippen molar-refractivity contribution in [2.75, 3.05) is 13.1 Å². The maximum absolute atomic E-state index is 12.8. The van der Waals surface area contributed by atoms with Crippen molar-refractivity contribution < 1.29 is 4.79 Å². The molecule has 1 saturated carbocycles. The van der Waals surface area contributed by atoms with Gasteiger partial charge >= 0.3 is 0 Å².